The lowest BCUT2D eigenvalue weighted by molar-refractivity contribution is 0.232. The molecule has 4 heteroatoms. The van der Waals surface area contributed by atoms with Gasteiger partial charge in [-0.05, 0) is 25.5 Å². The molecule has 0 fully saturated rings. The average molecular weight is 310 g/mol. The van der Waals surface area contributed by atoms with Gasteiger partial charge >= 0.3 is 0 Å². The number of rotatable bonds is 8. The predicted molar refractivity (Wildman–Crippen MR) is 91.3 cm³/mol. The molecule has 4 nitrogen and oxygen atoms in total. The Bertz CT molecular complexity index is 645. The van der Waals surface area contributed by atoms with Crippen LogP contribution in [0.4, 0.5) is 0 Å². The van der Waals surface area contributed by atoms with Crippen molar-refractivity contribution in [2.45, 2.75) is 33.0 Å². The van der Waals surface area contributed by atoms with Crippen LogP contribution in [0.25, 0.3) is 0 Å². The first-order chi connectivity index (χ1) is 11.2. The van der Waals surface area contributed by atoms with Crippen LogP contribution in [0.2, 0.25) is 0 Å². The van der Waals surface area contributed by atoms with Crippen molar-refractivity contribution in [3.05, 3.63) is 53.7 Å². The van der Waals surface area contributed by atoms with Crippen LogP contribution >= 0.6 is 0 Å². The molecule has 0 aliphatic heterocycles. The molecule has 0 aliphatic carbocycles. The summed E-state index contributed by atoms with van der Waals surface area (Å²) in [5, 5.41) is 3.38. The summed E-state index contributed by atoms with van der Waals surface area (Å²) in [6, 6.07) is 11.8. The van der Waals surface area contributed by atoms with E-state index in [-0.39, 0.29) is 12.7 Å². The van der Waals surface area contributed by atoms with E-state index in [2.05, 4.69) is 16.2 Å². The number of benzene rings is 1. The number of ether oxygens (including phenoxy) is 2. The Hall–Kier alpha value is -2.51. The van der Waals surface area contributed by atoms with Crippen LogP contribution in [0.1, 0.15) is 25.0 Å². The third-order valence-corrected chi connectivity index (χ3v) is 3.08. The summed E-state index contributed by atoms with van der Waals surface area (Å²) >= 11 is 0. The molecule has 0 saturated carbocycles. The zero-order chi connectivity index (χ0) is 16.5. The summed E-state index contributed by atoms with van der Waals surface area (Å²) in [4.78, 5) is 4.29. The van der Waals surface area contributed by atoms with Gasteiger partial charge in [-0.2, -0.15) is 0 Å². The molecular formula is C19H22N2O2. The third kappa shape index (κ3) is 5.65. The zero-order valence-corrected chi connectivity index (χ0v) is 13.6. The second kappa shape index (κ2) is 8.82. The first kappa shape index (κ1) is 16.9. The lowest BCUT2D eigenvalue weighted by atomic mass is 10.2. The second-order valence-electron chi connectivity index (χ2n) is 5.38. The number of pyridine rings is 1. The van der Waals surface area contributed by atoms with Crippen molar-refractivity contribution in [1.82, 2.24) is 10.3 Å². The van der Waals surface area contributed by atoms with Gasteiger partial charge in [0.05, 0.1) is 6.10 Å². The van der Waals surface area contributed by atoms with E-state index in [1.807, 2.05) is 56.4 Å². The van der Waals surface area contributed by atoms with Gasteiger partial charge in [0.1, 0.15) is 12.4 Å². The summed E-state index contributed by atoms with van der Waals surface area (Å²) in [6.07, 6.45) is 7.19. The third-order valence-electron chi connectivity index (χ3n) is 3.08. The maximum absolute atomic E-state index is 5.54. The maximum atomic E-state index is 5.54. The maximum Gasteiger partial charge on any atom is 0.213 e. The molecule has 1 heterocycles. The molecule has 120 valence electrons. The van der Waals surface area contributed by atoms with Crippen LogP contribution < -0.4 is 14.8 Å². The molecule has 1 N–H and O–H groups in total. The number of nitrogens with one attached hydrogen (secondary N) is 1. The lowest BCUT2D eigenvalue weighted by Gasteiger charge is -2.11. The van der Waals surface area contributed by atoms with Gasteiger partial charge in [0.25, 0.3) is 0 Å². The number of hydrogen-bond acceptors (Lipinski definition) is 4. The molecule has 0 radical (unpaired) electrons. The lowest BCUT2D eigenvalue weighted by Crippen LogP contribution is -2.14. The topological polar surface area (TPSA) is 43.4 Å². The van der Waals surface area contributed by atoms with Crippen LogP contribution in [0.5, 0.6) is 11.6 Å². The van der Waals surface area contributed by atoms with Gasteiger partial charge in [-0.15, -0.1) is 6.42 Å². The molecule has 1 aromatic carbocycles. The molecular weight excluding hydrogens is 288 g/mol. The first-order valence-electron chi connectivity index (χ1n) is 7.65. The monoisotopic (exact) mass is 310 g/mol. The van der Waals surface area contributed by atoms with E-state index in [4.69, 9.17) is 15.9 Å². The van der Waals surface area contributed by atoms with E-state index in [0.717, 1.165) is 23.4 Å². The Balaban J connectivity index is 1.86. The van der Waals surface area contributed by atoms with Crippen LogP contribution in [0, 0.1) is 12.3 Å². The fourth-order valence-electron chi connectivity index (χ4n) is 2.08. The molecule has 2 rings (SSSR count). The number of aromatic nitrogens is 1. The highest BCUT2D eigenvalue weighted by Crippen LogP contribution is 2.17. The van der Waals surface area contributed by atoms with Gasteiger partial charge in [-0.1, -0.05) is 30.2 Å². The Morgan fingerprint density at radius 3 is 2.70 bits per heavy atom. The first-order valence-corrected chi connectivity index (χ1v) is 7.65. The van der Waals surface area contributed by atoms with E-state index in [1.165, 1.54) is 0 Å². The normalized spacial score (nSPS) is 10.3. The molecule has 0 spiro atoms. The summed E-state index contributed by atoms with van der Waals surface area (Å²) < 4.78 is 11.1. The van der Waals surface area contributed by atoms with E-state index < -0.39 is 0 Å². The summed E-state index contributed by atoms with van der Waals surface area (Å²) in [6.45, 7) is 5.66. The molecule has 0 aliphatic rings. The highest BCUT2D eigenvalue weighted by Gasteiger charge is 2.03. The zero-order valence-electron chi connectivity index (χ0n) is 13.6. The second-order valence-corrected chi connectivity index (χ2v) is 5.38. The quantitative estimate of drug-likeness (QED) is 0.761. The number of hydrogen-bond donors (Lipinski definition) is 1. The van der Waals surface area contributed by atoms with Crippen molar-refractivity contribution in [3.8, 4) is 24.0 Å². The van der Waals surface area contributed by atoms with Crippen LogP contribution in [0.15, 0.2) is 42.6 Å². The van der Waals surface area contributed by atoms with Gasteiger partial charge in [0.15, 0.2) is 0 Å². The highest BCUT2D eigenvalue weighted by atomic mass is 16.5. The largest absolute Gasteiger partial charge is 0.481 e. The minimum Gasteiger partial charge on any atom is -0.481 e. The summed E-state index contributed by atoms with van der Waals surface area (Å²) in [5.74, 6) is 3.95. The predicted octanol–water partition coefficient (Wildman–Crippen LogP) is 3.17. The SMILES string of the molecule is C#CCOc1ccccc1CNCc1ccc(OC(C)C)nc1. The van der Waals surface area contributed by atoms with Gasteiger partial charge in [-0.25, -0.2) is 4.98 Å². The van der Waals surface area contributed by atoms with Crippen molar-refractivity contribution in [3.63, 3.8) is 0 Å². The van der Waals surface area contributed by atoms with Crippen molar-refractivity contribution in [2.24, 2.45) is 0 Å². The highest BCUT2D eigenvalue weighted by molar-refractivity contribution is 5.33. The molecule has 0 saturated heterocycles. The Morgan fingerprint density at radius 2 is 2.00 bits per heavy atom. The van der Waals surface area contributed by atoms with Gasteiger partial charge in [-0.3, -0.25) is 0 Å². The molecule has 0 unspecified atom stereocenters. The molecule has 0 bridgehead atoms. The number of nitrogens with zero attached hydrogens (tertiary/aromatic N) is 1. The van der Waals surface area contributed by atoms with Crippen LogP contribution in [0.3, 0.4) is 0 Å². The molecule has 23 heavy (non-hydrogen) atoms. The van der Waals surface area contributed by atoms with Crippen molar-refractivity contribution < 1.29 is 9.47 Å². The van der Waals surface area contributed by atoms with Crippen molar-refractivity contribution in [2.75, 3.05) is 6.61 Å². The number of terminal acetylenes is 1. The van der Waals surface area contributed by atoms with E-state index in [1.54, 1.807) is 0 Å². The Labute approximate surface area is 137 Å². The Kier molecular flexibility index (Phi) is 6.46. The average Bonchev–Trinajstić information content (AvgIpc) is 2.55. The van der Waals surface area contributed by atoms with Crippen molar-refractivity contribution >= 4 is 0 Å². The van der Waals surface area contributed by atoms with Gasteiger partial charge < -0.3 is 14.8 Å². The molecule has 0 atom stereocenters. The fourth-order valence-corrected chi connectivity index (χ4v) is 2.08. The van der Waals surface area contributed by atoms with Crippen LogP contribution in [-0.2, 0) is 13.1 Å². The standard InChI is InChI=1S/C19H22N2O2/c1-4-11-22-18-8-6-5-7-17(18)14-20-12-16-9-10-19(21-13-16)23-15(2)3/h1,5-10,13,15,20H,11-12,14H2,2-3H3. The minimum atomic E-state index is 0.131. The van der Waals surface area contributed by atoms with Crippen molar-refractivity contribution in [1.29, 1.82) is 0 Å². The van der Waals surface area contributed by atoms with E-state index in [0.29, 0.717) is 12.4 Å². The van der Waals surface area contributed by atoms with Gasteiger partial charge in [0, 0.05) is 30.9 Å². The van der Waals surface area contributed by atoms with E-state index >= 15 is 0 Å². The minimum absolute atomic E-state index is 0.131. The Morgan fingerprint density at radius 1 is 1.17 bits per heavy atom. The smallest absolute Gasteiger partial charge is 0.213 e. The summed E-state index contributed by atoms with van der Waals surface area (Å²) in [7, 11) is 0. The van der Waals surface area contributed by atoms with E-state index in [9.17, 15) is 0 Å². The number of para-hydroxylation sites is 1. The van der Waals surface area contributed by atoms with Crippen LogP contribution in [-0.4, -0.2) is 17.7 Å². The molecule has 0 amide bonds. The van der Waals surface area contributed by atoms with Gasteiger partial charge in [0.2, 0.25) is 5.88 Å². The summed E-state index contributed by atoms with van der Waals surface area (Å²) in [5.41, 5.74) is 2.18. The fraction of sp³-hybridized carbons (Fsp3) is 0.316. The molecule has 1 aromatic heterocycles. The molecule has 2 aromatic rings.